The van der Waals surface area contributed by atoms with Crippen molar-refractivity contribution in [1.29, 1.82) is 0 Å². The van der Waals surface area contributed by atoms with Gasteiger partial charge in [-0.3, -0.25) is 4.79 Å². The van der Waals surface area contributed by atoms with E-state index in [9.17, 15) is 9.18 Å². The number of aromatic nitrogens is 1. The molecule has 0 unspecified atom stereocenters. The molecule has 1 heterocycles. The molecule has 0 aliphatic carbocycles. The van der Waals surface area contributed by atoms with E-state index in [2.05, 4.69) is 9.69 Å². The molecule has 2 rings (SSSR count). The molecule has 0 saturated carbocycles. The molecule has 1 amide bonds. The van der Waals surface area contributed by atoms with Crippen LogP contribution in [0.4, 0.5) is 4.39 Å². The Morgan fingerprint density at radius 1 is 1.37 bits per heavy atom. The van der Waals surface area contributed by atoms with Gasteiger partial charge in [-0.15, -0.1) is 0 Å². The van der Waals surface area contributed by atoms with Crippen LogP contribution in [0.2, 0.25) is 0 Å². The number of benzene rings is 1. The molecule has 0 fully saturated rings. The molecule has 0 spiro atoms. The minimum absolute atomic E-state index is 0.112. The Labute approximate surface area is 115 Å². The highest BCUT2D eigenvalue weighted by Gasteiger charge is 2.11. The summed E-state index contributed by atoms with van der Waals surface area (Å²) < 4.78 is 17.1. The molecule has 5 heteroatoms. The average Bonchev–Trinajstić information content (AvgIpc) is 2.86. The number of nitrogens with zero attached hydrogens (tertiary/aromatic N) is 1. The van der Waals surface area contributed by atoms with Gasteiger partial charge in [-0.2, -0.15) is 4.37 Å². The Kier molecular flexibility index (Phi) is 4.27. The highest BCUT2D eigenvalue weighted by Crippen LogP contribution is 2.22. The lowest BCUT2D eigenvalue weighted by Crippen LogP contribution is -2.26. The van der Waals surface area contributed by atoms with E-state index in [1.807, 2.05) is 13.8 Å². The third-order valence-corrected chi connectivity index (χ3v) is 3.33. The fourth-order valence-electron chi connectivity index (χ4n) is 1.52. The third-order valence-electron chi connectivity index (χ3n) is 2.54. The number of carbonyl (C=O) groups is 1. The molecule has 1 aromatic carbocycles. The first kappa shape index (κ1) is 13.7. The van der Waals surface area contributed by atoms with Crippen molar-refractivity contribution in [1.82, 2.24) is 9.69 Å². The monoisotopic (exact) mass is 278 g/mol. The van der Waals surface area contributed by atoms with Crippen LogP contribution >= 0.6 is 11.5 Å². The standard InChI is InChI=1S/C14H15FN2OS/c1-9(2)8-16-14(18)13-7-12(17-19-13)10-3-5-11(15)6-4-10/h3-7,9H,8H2,1-2H3,(H,16,18). The van der Waals surface area contributed by atoms with Gasteiger partial charge in [0.1, 0.15) is 10.7 Å². The number of halogens is 1. The zero-order chi connectivity index (χ0) is 13.8. The van der Waals surface area contributed by atoms with Crippen molar-refractivity contribution < 1.29 is 9.18 Å². The summed E-state index contributed by atoms with van der Waals surface area (Å²) >= 11 is 1.15. The fraction of sp³-hybridized carbons (Fsp3) is 0.286. The van der Waals surface area contributed by atoms with Crippen LogP contribution in [0.5, 0.6) is 0 Å². The topological polar surface area (TPSA) is 42.0 Å². The summed E-state index contributed by atoms with van der Waals surface area (Å²) in [4.78, 5) is 12.4. The maximum absolute atomic E-state index is 12.8. The second-order valence-corrected chi connectivity index (χ2v) is 5.49. The Morgan fingerprint density at radius 2 is 2.05 bits per heavy atom. The van der Waals surface area contributed by atoms with Gasteiger partial charge in [0.15, 0.2) is 0 Å². The summed E-state index contributed by atoms with van der Waals surface area (Å²) in [6.45, 7) is 4.72. The molecule has 0 aliphatic rings. The molecule has 0 aliphatic heterocycles. The summed E-state index contributed by atoms with van der Waals surface area (Å²) in [5.41, 5.74) is 1.50. The highest BCUT2D eigenvalue weighted by atomic mass is 32.1. The molecular formula is C14H15FN2OS. The van der Waals surface area contributed by atoms with E-state index in [1.165, 1.54) is 12.1 Å². The first-order valence-electron chi connectivity index (χ1n) is 6.07. The quantitative estimate of drug-likeness (QED) is 0.932. The summed E-state index contributed by atoms with van der Waals surface area (Å²) in [5.74, 6) is 0.0156. The van der Waals surface area contributed by atoms with E-state index in [4.69, 9.17) is 0 Å². The van der Waals surface area contributed by atoms with E-state index in [0.29, 0.717) is 23.0 Å². The number of nitrogens with one attached hydrogen (secondary N) is 1. The Balaban J connectivity index is 2.10. The fourth-order valence-corrected chi connectivity index (χ4v) is 2.20. The van der Waals surface area contributed by atoms with Crippen molar-refractivity contribution in [3.8, 4) is 11.3 Å². The van der Waals surface area contributed by atoms with E-state index in [-0.39, 0.29) is 11.7 Å². The minimum Gasteiger partial charge on any atom is -0.351 e. The first-order valence-corrected chi connectivity index (χ1v) is 6.84. The molecule has 0 radical (unpaired) electrons. The van der Waals surface area contributed by atoms with Gasteiger partial charge < -0.3 is 5.32 Å². The zero-order valence-electron chi connectivity index (χ0n) is 10.8. The van der Waals surface area contributed by atoms with Gasteiger partial charge in [0.2, 0.25) is 0 Å². The SMILES string of the molecule is CC(C)CNC(=O)c1cc(-c2ccc(F)cc2)ns1. The molecular weight excluding hydrogens is 263 g/mol. The molecule has 1 aromatic heterocycles. The highest BCUT2D eigenvalue weighted by molar-refractivity contribution is 7.08. The molecule has 0 atom stereocenters. The van der Waals surface area contributed by atoms with Gasteiger partial charge in [-0.1, -0.05) is 13.8 Å². The normalized spacial score (nSPS) is 10.7. The van der Waals surface area contributed by atoms with Crippen molar-refractivity contribution in [2.45, 2.75) is 13.8 Å². The summed E-state index contributed by atoms with van der Waals surface area (Å²) in [6.07, 6.45) is 0. The second kappa shape index (κ2) is 5.93. The van der Waals surface area contributed by atoms with Crippen molar-refractivity contribution >= 4 is 17.4 Å². The number of rotatable bonds is 4. The summed E-state index contributed by atoms with van der Waals surface area (Å²) in [6, 6.07) is 7.80. The molecule has 100 valence electrons. The molecule has 19 heavy (non-hydrogen) atoms. The van der Waals surface area contributed by atoms with Gasteiger partial charge in [-0.25, -0.2) is 4.39 Å². The lowest BCUT2D eigenvalue weighted by molar-refractivity contribution is 0.0953. The van der Waals surface area contributed by atoms with E-state index < -0.39 is 0 Å². The van der Waals surface area contributed by atoms with Crippen LogP contribution in [0.3, 0.4) is 0 Å². The maximum Gasteiger partial charge on any atom is 0.263 e. The zero-order valence-corrected chi connectivity index (χ0v) is 11.6. The van der Waals surface area contributed by atoms with Crippen LogP contribution < -0.4 is 5.32 Å². The van der Waals surface area contributed by atoms with Gasteiger partial charge >= 0.3 is 0 Å². The van der Waals surface area contributed by atoms with Gasteiger partial charge in [0.25, 0.3) is 5.91 Å². The largest absolute Gasteiger partial charge is 0.351 e. The summed E-state index contributed by atoms with van der Waals surface area (Å²) in [7, 11) is 0. The Morgan fingerprint density at radius 3 is 2.68 bits per heavy atom. The minimum atomic E-state index is -0.283. The van der Waals surface area contributed by atoms with Gasteiger partial charge in [0, 0.05) is 12.1 Å². The van der Waals surface area contributed by atoms with E-state index in [0.717, 1.165) is 17.1 Å². The van der Waals surface area contributed by atoms with Gasteiger partial charge in [0.05, 0.1) is 5.69 Å². The predicted molar refractivity (Wildman–Crippen MR) is 74.7 cm³/mol. The first-order chi connectivity index (χ1) is 9.06. The van der Waals surface area contributed by atoms with Crippen LogP contribution in [0.15, 0.2) is 30.3 Å². The Bertz CT molecular complexity index is 563. The van der Waals surface area contributed by atoms with Crippen LogP contribution in [-0.4, -0.2) is 16.8 Å². The van der Waals surface area contributed by atoms with Crippen LogP contribution in [0.25, 0.3) is 11.3 Å². The predicted octanol–water partition coefficient (Wildman–Crippen LogP) is 3.34. The number of hydrogen-bond acceptors (Lipinski definition) is 3. The number of carbonyl (C=O) groups excluding carboxylic acids is 1. The van der Waals surface area contributed by atoms with Crippen LogP contribution in [0.1, 0.15) is 23.5 Å². The molecule has 2 aromatic rings. The molecule has 3 nitrogen and oxygen atoms in total. The molecule has 0 saturated heterocycles. The van der Waals surface area contributed by atoms with Crippen molar-refractivity contribution in [3.05, 3.63) is 41.0 Å². The second-order valence-electron chi connectivity index (χ2n) is 4.69. The summed E-state index contributed by atoms with van der Waals surface area (Å²) in [5, 5.41) is 2.84. The third kappa shape index (κ3) is 3.61. The van der Waals surface area contributed by atoms with E-state index in [1.54, 1.807) is 18.2 Å². The lowest BCUT2D eigenvalue weighted by Gasteiger charge is -2.05. The average molecular weight is 278 g/mol. The van der Waals surface area contributed by atoms with Crippen molar-refractivity contribution in [3.63, 3.8) is 0 Å². The molecule has 0 bridgehead atoms. The number of hydrogen-bond donors (Lipinski definition) is 1. The van der Waals surface area contributed by atoms with Gasteiger partial charge in [-0.05, 0) is 47.8 Å². The van der Waals surface area contributed by atoms with Crippen LogP contribution in [0, 0.1) is 11.7 Å². The Hall–Kier alpha value is -1.75. The van der Waals surface area contributed by atoms with Crippen LogP contribution in [-0.2, 0) is 0 Å². The van der Waals surface area contributed by atoms with E-state index >= 15 is 0 Å². The lowest BCUT2D eigenvalue weighted by atomic mass is 10.1. The number of amides is 1. The molecule has 1 N–H and O–H groups in total. The maximum atomic E-state index is 12.8. The van der Waals surface area contributed by atoms with Crippen molar-refractivity contribution in [2.75, 3.05) is 6.54 Å². The van der Waals surface area contributed by atoms with Crippen molar-refractivity contribution in [2.24, 2.45) is 5.92 Å². The smallest absolute Gasteiger partial charge is 0.263 e.